The first-order chi connectivity index (χ1) is 12.0. The van der Waals surface area contributed by atoms with E-state index in [0.29, 0.717) is 17.0 Å². The summed E-state index contributed by atoms with van der Waals surface area (Å²) >= 11 is 0. The highest BCUT2D eigenvalue weighted by Gasteiger charge is 2.14. The minimum Gasteiger partial charge on any atom is -0.349 e. The van der Waals surface area contributed by atoms with Gasteiger partial charge in [-0.3, -0.25) is 9.89 Å². The normalized spacial score (nSPS) is 11.2. The lowest BCUT2D eigenvalue weighted by molar-refractivity contribution is 0.102. The van der Waals surface area contributed by atoms with Gasteiger partial charge in [-0.15, -0.1) is 0 Å². The number of nitrogens with one attached hydrogen (secondary N) is 3. The molecule has 0 bridgehead atoms. The topological polar surface area (TPSA) is 78.5 Å². The number of hydrogen-bond acceptors (Lipinski definition) is 2. The maximum absolute atomic E-state index is 13.3. The van der Waals surface area contributed by atoms with Crippen LogP contribution >= 0.6 is 0 Å². The first-order valence-electron chi connectivity index (χ1n) is 7.47. The molecule has 0 radical (unpaired) electrons. The molecule has 0 saturated heterocycles. The fourth-order valence-electron chi connectivity index (χ4n) is 2.69. The Balaban J connectivity index is 1.56. The summed E-state index contributed by atoms with van der Waals surface area (Å²) in [4.78, 5) is 15.3. The number of nitrogens with zero attached hydrogens (tertiary/aromatic N) is 2. The first-order valence-corrected chi connectivity index (χ1v) is 7.47. The number of fused-ring (bicyclic) bond motifs is 1. The van der Waals surface area contributed by atoms with Crippen LogP contribution in [0.4, 0.5) is 14.6 Å². The van der Waals surface area contributed by atoms with Crippen molar-refractivity contribution in [1.29, 1.82) is 0 Å². The summed E-state index contributed by atoms with van der Waals surface area (Å²) in [5, 5.41) is 9.25. The molecule has 3 heterocycles. The first kappa shape index (κ1) is 15.1. The van der Waals surface area contributed by atoms with Crippen molar-refractivity contribution < 1.29 is 13.6 Å². The molecular formula is C17H13F2N5O. The van der Waals surface area contributed by atoms with Crippen molar-refractivity contribution in [3.05, 3.63) is 59.9 Å². The quantitative estimate of drug-likeness (QED) is 0.534. The predicted molar refractivity (Wildman–Crippen MR) is 89.2 cm³/mol. The number of hydrogen-bond donors (Lipinski definition) is 3. The van der Waals surface area contributed by atoms with Crippen LogP contribution in [0.15, 0.2) is 42.6 Å². The van der Waals surface area contributed by atoms with Gasteiger partial charge in [-0.25, -0.2) is 8.78 Å². The van der Waals surface area contributed by atoms with Gasteiger partial charge >= 0.3 is 0 Å². The van der Waals surface area contributed by atoms with E-state index in [0.717, 1.165) is 17.1 Å². The van der Waals surface area contributed by atoms with Crippen molar-refractivity contribution in [3.63, 3.8) is 0 Å². The Labute approximate surface area is 140 Å². The summed E-state index contributed by atoms with van der Waals surface area (Å²) in [6.45, 7) is 0. The number of carbonyl (C=O) groups excluding carboxylic acids is 1. The molecule has 0 saturated carbocycles. The van der Waals surface area contributed by atoms with Crippen LogP contribution in [0.2, 0.25) is 0 Å². The fraction of sp³-hybridized carbons (Fsp3) is 0.0588. The van der Waals surface area contributed by atoms with Gasteiger partial charge in [0.2, 0.25) is 0 Å². The molecule has 3 N–H and O–H groups in total. The maximum atomic E-state index is 13.3. The number of halogens is 2. The molecule has 8 heteroatoms. The van der Waals surface area contributed by atoms with E-state index >= 15 is 0 Å². The van der Waals surface area contributed by atoms with Crippen molar-refractivity contribution in [2.45, 2.75) is 0 Å². The number of aryl methyl sites for hydroxylation is 1. The highest BCUT2D eigenvalue weighted by molar-refractivity contribution is 6.05. The van der Waals surface area contributed by atoms with E-state index in [1.807, 2.05) is 23.9 Å². The van der Waals surface area contributed by atoms with E-state index < -0.39 is 11.6 Å². The SMILES string of the molecule is Cn1ccc2[nH]c(C(=O)Nc3cc(-c4cc(F)cc(F)c4)[nH]n3)cc21. The van der Waals surface area contributed by atoms with Gasteiger partial charge in [-0.05, 0) is 24.3 Å². The van der Waals surface area contributed by atoms with Crippen molar-refractivity contribution in [2.75, 3.05) is 5.32 Å². The third-order valence-electron chi connectivity index (χ3n) is 3.91. The molecule has 0 fully saturated rings. The van der Waals surface area contributed by atoms with Crippen LogP contribution in [0.3, 0.4) is 0 Å². The fourth-order valence-corrected chi connectivity index (χ4v) is 2.69. The van der Waals surface area contributed by atoms with Gasteiger partial charge in [-0.1, -0.05) is 0 Å². The number of amides is 1. The number of anilines is 1. The molecule has 1 aromatic carbocycles. The minimum atomic E-state index is -0.687. The van der Waals surface area contributed by atoms with Gasteiger partial charge in [-0.2, -0.15) is 5.10 Å². The Morgan fingerprint density at radius 3 is 2.64 bits per heavy atom. The molecule has 3 aromatic heterocycles. The van der Waals surface area contributed by atoms with Crippen LogP contribution in [0.25, 0.3) is 22.3 Å². The molecule has 126 valence electrons. The molecule has 0 spiro atoms. The molecule has 4 aromatic rings. The molecule has 0 aliphatic rings. The zero-order chi connectivity index (χ0) is 17.6. The largest absolute Gasteiger partial charge is 0.349 e. The van der Waals surface area contributed by atoms with Crippen LogP contribution in [0, 0.1) is 11.6 Å². The second kappa shape index (κ2) is 5.59. The summed E-state index contributed by atoms with van der Waals surface area (Å²) in [5.74, 6) is -1.48. The summed E-state index contributed by atoms with van der Waals surface area (Å²) in [7, 11) is 1.88. The smallest absolute Gasteiger partial charge is 0.273 e. The molecule has 0 unspecified atom stereocenters. The van der Waals surface area contributed by atoms with Gasteiger partial charge in [0.1, 0.15) is 17.3 Å². The standard InChI is InChI=1S/C17H13F2N5O/c1-24-3-2-12-15(24)7-14(20-12)17(25)21-16-8-13(22-23-16)9-4-10(18)6-11(19)5-9/h2-8,20H,1H3,(H2,21,22,23,25). The molecule has 4 rings (SSSR count). The van der Waals surface area contributed by atoms with Gasteiger partial charge in [0.05, 0.1) is 16.7 Å². The van der Waals surface area contributed by atoms with E-state index in [4.69, 9.17) is 0 Å². The Hall–Kier alpha value is -3.42. The van der Waals surface area contributed by atoms with Crippen LogP contribution in [0.1, 0.15) is 10.5 Å². The summed E-state index contributed by atoms with van der Waals surface area (Å²) in [5.41, 5.74) is 2.85. The lowest BCUT2D eigenvalue weighted by Crippen LogP contribution is -2.12. The summed E-state index contributed by atoms with van der Waals surface area (Å²) in [6, 6.07) is 8.27. The van der Waals surface area contributed by atoms with Crippen molar-refractivity contribution in [1.82, 2.24) is 19.7 Å². The van der Waals surface area contributed by atoms with Gasteiger partial charge in [0, 0.05) is 30.9 Å². The Kier molecular flexibility index (Phi) is 3.38. The van der Waals surface area contributed by atoms with E-state index in [-0.39, 0.29) is 11.7 Å². The molecule has 25 heavy (non-hydrogen) atoms. The second-order valence-corrected chi connectivity index (χ2v) is 5.69. The van der Waals surface area contributed by atoms with Crippen molar-refractivity contribution >= 4 is 22.8 Å². The number of aromatic nitrogens is 4. The average Bonchev–Trinajstić information content (AvgIpc) is 3.24. The van der Waals surface area contributed by atoms with Gasteiger partial charge < -0.3 is 14.9 Å². The number of rotatable bonds is 3. The third kappa shape index (κ3) is 2.78. The number of benzene rings is 1. The molecule has 1 amide bonds. The molecule has 0 aliphatic heterocycles. The van der Waals surface area contributed by atoms with Crippen LogP contribution < -0.4 is 5.32 Å². The Morgan fingerprint density at radius 2 is 1.92 bits per heavy atom. The van der Waals surface area contributed by atoms with Crippen LogP contribution in [0.5, 0.6) is 0 Å². The Bertz CT molecular complexity index is 1070. The third-order valence-corrected chi connectivity index (χ3v) is 3.91. The summed E-state index contributed by atoms with van der Waals surface area (Å²) in [6.07, 6.45) is 1.89. The van der Waals surface area contributed by atoms with Crippen molar-refractivity contribution in [3.8, 4) is 11.3 Å². The van der Waals surface area contributed by atoms with E-state index in [1.165, 1.54) is 18.2 Å². The highest BCUT2D eigenvalue weighted by Crippen LogP contribution is 2.22. The van der Waals surface area contributed by atoms with E-state index in [2.05, 4.69) is 20.5 Å². The van der Waals surface area contributed by atoms with Crippen LogP contribution in [-0.4, -0.2) is 25.7 Å². The summed E-state index contributed by atoms with van der Waals surface area (Å²) < 4.78 is 28.5. The predicted octanol–water partition coefficient (Wildman–Crippen LogP) is 3.43. The monoisotopic (exact) mass is 341 g/mol. The minimum absolute atomic E-state index is 0.253. The molecular weight excluding hydrogens is 328 g/mol. The Morgan fingerprint density at radius 1 is 1.16 bits per heavy atom. The van der Waals surface area contributed by atoms with Gasteiger partial charge in [0.15, 0.2) is 5.82 Å². The number of H-pyrrole nitrogens is 2. The number of carbonyl (C=O) groups is 1. The molecule has 0 atom stereocenters. The van der Waals surface area contributed by atoms with Gasteiger partial charge in [0.25, 0.3) is 5.91 Å². The number of aromatic amines is 2. The zero-order valence-corrected chi connectivity index (χ0v) is 13.1. The van der Waals surface area contributed by atoms with Crippen LogP contribution in [-0.2, 0) is 7.05 Å². The molecule has 6 nitrogen and oxygen atoms in total. The second-order valence-electron chi connectivity index (χ2n) is 5.69. The average molecular weight is 341 g/mol. The highest BCUT2D eigenvalue weighted by atomic mass is 19.1. The molecule has 0 aliphatic carbocycles. The zero-order valence-electron chi connectivity index (χ0n) is 13.1. The maximum Gasteiger partial charge on any atom is 0.273 e. The lowest BCUT2D eigenvalue weighted by Gasteiger charge is -1.99. The van der Waals surface area contributed by atoms with Crippen molar-refractivity contribution in [2.24, 2.45) is 7.05 Å². The lowest BCUT2D eigenvalue weighted by atomic mass is 10.1. The van der Waals surface area contributed by atoms with E-state index in [9.17, 15) is 13.6 Å². The van der Waals surface area contributed by atoms with E-state index in [1.54, 1.807) is 6.07 Å².